The number of hydrogen-bond donors (Lipinski definition) is 0. The zero-order chi connectivity index (χ0) is 14.7. The van der Waals surface area contributed by atoms with Crippen LogP contribution in [-0.4, -0.2) is 20.0 Å². The van der Waals surface area contributed by atoms with Gasteiger partial charge >= 0.3 is 0 Å². The quantitative estimate of drug-likeness (QED) is 0.712. The fourth-order valence-corrected chi connectivity index (χ4v) is 3.00. The van der Waals surface area contributed by atoms with Crippen molar-refractivity contribution in [3.8, 4) is 11.5 Å². The molecule has 0 saturated carbocycles. The van der Waals surface area contributed by atoms with Crippen LogP contribution in [0.15, 0.2) is 45.3 Å². The van der Waals surface area contributed by atoms with E-state index in [1.807, 2.05) is 18.2 Å². The molecule has 0 fully saturated rings. The van der Waals surface area contributed by atoms with Crippen LogP contribution in [-0.2, 0) is 0 Å². The summed E-state index contributed by atoms with van der Waals surface area (Å²) < 4.78 is 11.9. The molecule has 0 atom stereocenters. The monoisotopic (exact) mass is 398 g/mol. The van der Waals surface area contributed by atoms with Gasteiger partial charge in [-0.15, -0.1) is 0 Å². The van der Waals surface area contributed by atoms with Crippen LogP contribution in [0.25, 0.3) is 0 Å². The molecule has 104 valence electrons. The zero-order valence-electron chi connectivity index (χ0n) is 10.9. The molecule has 0 heterocycles. The average Bonchev–Trinajstić information content (AvgIpc) is 2.46. The Labute approximate surface area is 134 Å². The maximum absolute atomic E-state index is 12.6. The Bertz CT molecular complexity index is 654. The van der Waals surface area contributed by atoms with Crippen LogP contribution >= 0.6 is 31.9 Å². The molecule has 5 heteroatoms. The lowest BCUT2D eigenvalue weighted by molar-refractivity contribution is 0.103. The highest BCUT2D eigenvalue weighted by molar-refractivity contribution is 9.11. The first kappa shape index (κ1) is 15.1. The smallest absolute Gasteiger partial charge is 0.197 e. The van der Waals surface area contributed by atoms with Gasteiger partial charge in [-0.3, -0.25) is 4.79 Å². The Morgan fingerprint density at radius 3 is 2.25 bits per heavy atom. The Morgan fingerprint density at radius 2 is 1.65 bits per heavy atom. The van der Waals surface area contributed by atoms with Crippen LogP contribution in [0.3, 0.4) is 0 Å². The summed E-state index contributed by atoms with van der Waals surface area (Å²) in [5, 5.41) is 0. The average molecular weight is 400 g/mol. The van der Waals surface area contributed by atoms with E-state index in [0.717, 1.165) is 4.47 Å². The number of ketones is 1. The minimum atomic E-state index is -0.113. The number of rotatable bonds is 4. The second-order valence-corrected chi connectivity index (χ2v) is 5.62. The van der Waals surface area contributed by atoms with E-state index in [1.54, 1.807) is 25.3 Å². The number of carbonyl (C=O) groups is 1. The maximum atomic E-state index is 12.6. The van der Waals surface area contributed by atoms with E-state index >= 15 is 0 Å². The summed E-state index contributed by atoms with van der Waals surface area (Å²) in [6, 6.07) is 10.7. The summed E-state index contributed by atoms with van der Waals surface area (Å²) in [4.78, 5) is 12.6. The predicted octanol–water partition coefficient (Wildman–Crippen LogP) is 4.46. The number of benzene rings is 2. The molecule has 0 bridgehead atoms. The molecule has 0 aliphatic rings. The zero-order valence-corrected chi connectivity index (χ0v) is 14.1. The van der Waals surface area contributed by atoms with E-state index < -0.39 is 0 Å². The van der Waals surface area contributed by atoms with Crippen molar-refractivity contribution in [2.24, 2.45) is 0 Å². The van der Waals surface area contributed by atoms with Crippen LogP contribution in [0.4, 0.5) is 0 Å². The van der Waals surface area contributed by atoms with E-state index in [1.165, 1.54) is 7.11 Å². The number of methoxy groups -OCH3 is 2. The van der Waals surface area contributed by atoms with Gasteiger partial charge in [0, 0.05) is 10.0 Å². The molecule has 0 aliphatic heterocycles. The van der Waals surface area contributed by atoms with Crippen LogP contribution in [0.2, 0.25) is 0 Å². The highest BCUT2D eigenvalue weighted by Crippen LogP contribution is 2.38. The molecule has 0 saturated heterocycles. The lowest BCUT2D eigenvalue weighted by Gasteiger charge is -2.13. The van der Waals surface area contributed by atoms with Crippen molar-refractivity contribution >= 4 is 37.6 Å². The molecule has 0 spiro atoms. The summed E-state index contributed by atoms with van der Waals surface area (Å²) in [5.41, 5.74) is 1.06. The summed E-state index contributed by atoms with van der Waals surface area (Å²) in [6.07, 6.45) is 0. The normalized spacial score (nSPS) is 10.2. The van der Waals surface area contributed by atoms with Crippen molar-refractivity contribution in [1.82, 2.24) is 0 Å². The van der Waals surface area contributed by atoms with E-state index in [0.29, 0.717) is 27.1 Å². The Balaban J connectivity index is 2.56. The highest BCUT2D eigenvalue weighted by atomic mass is 79.9. The van der Waals surface area contributed by atoms with Gasteiger partial charge in [-0.25, -0.2) is 0 Å². The number of hydrogen-bond acceptors (Lipinski definition) is 3. The van der Waals surface area contributed by atoms with Crippen molar-refractivity contribution in [3.05, 3.63) is 56.5 Å². The summed E-state index contributed by atoms with van der Waals surface area (Å²) in [6.45, 7) is 0. The van der Waals surface area contributed by atoms with Gasteiger partial charge in [0.1, 0.15) is 16.0 Å². The Kier molecular flexibility index (Phi) is 4.83. The summed E-state index contributed by atoms with van der Waals surface area (Å²) in [5.74, 6) is 0.966. The van der Waals surface area contributed by atoms with E-state index in [2.05, 4.69) is 31.9 Å². The summed E-state index contributed by atoms with van der Waals surface area (Å²) >= 11 is 6.79. The molecular weight excluding hydrogens is 388 g/mol. The Morgan fingerprint density at radius 1 is 0.950 bits per heavy atom. The maximum Gasteiger partial charge on any atom is 0.197 e. The molecule has 2 aromatic carbocycles. The number of ether oxygens (including phenoxy) is 2. The molecule has 0 N–H and O–H groups in total. The van der Waals surface area contributed by atoms with Gasteiger partial charge in [-0.2, -0.15) is 0 Å². The van der Waals surface area contributed by atoms with Crippen LogP contribution in [0.5, 0.6) is 11.5 Å². The fraction of sp³-hybridized carbons (Fsp3) is 0.133. The van der Waals surface area contributed by atoms with Crippen molar-refractivity contribution in [2.75, 3.05) is 14.2 Å². The third-order valence-corrected chi connectivity index (χ3v) is 4.29. The second-order valence-electron chi connectivity index (χ2n) is 3.97. The number of halogens is 2. The van der Waals surface area contributed by atoms with Gasteiger partial charge in [-0.05, 0) is 40.2 Å². The van der Waals surface area contributed by atoms with Gasteiger partial charge in [0.05, 0.1) is 19.8 Å². The predicted molar refractivity (Wildman–Crippen MR) is 84.8 cm³/mol. The molecule has 0 unspecified atom stereocenters. The molecule has 2 aromatic rings. The van der Waals surface area contributed by atoms with Crippen LogP contribution in [0, 0.1) is 0 Å². The summed E-state index contributed by atoms with van der Waals surface area (Å²) in [7, 11) is 3.09. The molecule has 3 nitrogen and oxygen atoms in total. The Hall–Kier alpha value is -1.33. The lowest BCUT2D eigenvalue weighted by atomic mass is 10.0. The molecule has 0 radical (unpaired) electrons. The first-order valence-electron chi connectivity index (χ1n) is 5.79. The van der Waals surface area contributed by atoms with Crippen LogP contribution < -0.4 is 9.47 Å². The largest absolute Gasteiger partial charge is 0.495 e. The highest BCUT2D eigenvalue weighted by Gasteiger charge is 2.20. The van der Waals surface area contributed by atoms with Crippen molar-refractivity contribution < 1.29 is 14.3 Å². The molecule has 20 heavy (non-hydrogen) atoms. The van der Waals surface area contributed by atoms with E-state index in [-0.39, 0.29) is 5.78 Å². The molecule has 0 amide bonds. The minimum absolute atomic E-state index is 0.113. The van der Waals surface area contributed by atoms with Gasteiger partial charge < -0.3 is 9.47 Å². The molecule has 0 aliphatic carbocycles. The van der Waals surface area contributed by atoms with Crippen LogP contribution in [0.1, 0.15) is 15.9 Å². The lowest BCUT2D eigenvalue weighted by Crippen LogP contribution is -2.06. The van der Waals surface area contributed by atoms with Gasteiger partial charge in [0.2, 0.25) is 0 Å². The topological polar surface area (TPSA) is 35.5 Å². The van der Waals surface area contributed by atoms with E-state index in [4.69, 9.17) is 9.47 Å². The third-order valence-electron chi connectivity index (χ3n) is 2.85. The molecule has 2 rings (SSSR count). The SMILES string of the molecule is COc1ccc(C(=O)c2ccccc2Br)c(OC)c1Br. The third kappa shape index (κ3) is 2.74. The second kappa shape index (κ2) is 6.41. The van der Waals surface area contributed by atoms with Gasteiger partial charge in [0.25, 0.3) is 0 Å². The first-order valence-corrected chi connectivity index (χ1v) is 7.38. The fourth-order valence-electron chi connectivity index (χ4n) is 1.86. The minimum Gasteiger partial charge on any atom is -0.495 e. The molecule has 0 aromatic heterocycles. The van der Waals surface area contributed by atoms with Gasteiger partial charge in [0.15, 0.2) is 5.78 Å². The number of carbonyl (C=O) groups excluding carboxylic acids is 1. The molecular formula is C15H12Br2O3. The van der Waals surface area contributed by atoms with Crippen molar-refractivity contribution in [3.63, 3.8) is 0 Å². The van der Waals surface area contributed by atoms with Gasteiger partial charge in [-0.1, -0.05) is 28.1 Å². The first-order chi connectivity index (χ1) is 9.60. The van der Waals surface area contributed by atoms with E-state index in [9.17, 15) is 4.79 Å². The standard InChI is InChI=1S/C15H12Br2O3/c1-19-12-8-7-10(15(20-2)13(12)17)14(18)9-5-3-4-6-11(9)16/h3-8H,1-2H3. The van der Waals surface area contributed by atoms with Crippen molar-refractivity contribution in [2.45, 2.75) is 0 Å². The van der Waals surface area contributed by atoms with Crippen molar-refractivity contribution in [1.29, 1.82) is 0 Å².